The molecule has 3 aliphatic heterocycles. The molecule has 224 valence electrons. The molecule has 4 heterocycles. The van der Waals surface area contributed by atoms with Crippen molar-refractivity contribution in [3.63, 3.8) is 0 Å². The van der Waals surface area contributed by atoms with E-state index >= 15 is 0 Å². The normalized spacial score (nSPS) is 22.3. The monoisotopic (exact) mass is 576 g/mol. The molecule has 6 nitrogen and oxygen atoms in total. The first kappa shape index (κ1) is 28.0. The zero-order valence-electron chi connectivity index (χ0n) is 25.6. The van der Waals surface area contributed by atoms with Crippen molar-refractivity contribution >= 4 is 22.7 Å². The number of likely N-dealkylation sites (tertiary alicyclic amines) is 1. The number of hydrogen-bond donors (Lipinski definition) is 1. The van der Waals surface area contributed by atoms with Gasteiger partial charge in [0.2, 0.25) is 0 Å². The van der Waals surface area contributed by atoms with Crippen molar-refractivity contribution in [3.05, 3.63) is 101 Å². The lowest BCUT2D eigenvalue weighted by atomic mass is 9.84. The lowest BCUT2D eigenvalue weighted by molar-refractivity contribution is 0.0960. The largest absolute Gasteiger partial charge is 0.445 e. The first-order valence-electron chi connectivity index (χ1n) is 16.3. The maximum absolute atomic E-state index is 13.3. The Hall–Kier alpha value is -3.77. The Morgan fingerprint density at radius 1 is 0.930 bits per heavy atom. The molecule has 3 atom stereocenters. The Morgan fingerprint density at radius 2 is 1.77 bits per heavy atom. The molecule has 3 aromatic carbocycles. The minimum absolute atomic E-state index is 0.218. The lowest BCUT2D eigenvalue weighted by Gasteiger charge is -2.38. The summed E-state index contributed by atoms with van der Waals surface area (Å²) in [5.41, 5.74) is 9.22. The number of hydrogen-bond acceptors (Lipinski definition) is 4. The first-order valence-corrected chi connectivity index (χ1v) is 16.3. The minimum Gasteiger partial charge on any atom is -0.445 e. The van der Waals surface area contributed by atoms with Crippen LogP contribution in [0.4, 0.5) is 10.5 Å². The van der Waals surface area contributed by atoms with Gasteiger partial charge in [-0.3, -0.25) is 0 Å². The molecule has 43 heavy (non-hydrogen) atoms. The molecule has 1 aromatic heterocycles. The third-order valence-corrected chi connectivity index (χ3v) is 10.2. The maximum Gasteiger partial charge on any atom is 0.410 e. The van der Waals surface area contributed by atoms with E-state index in [-0.39, 0.29) is 12.0 Å². The second-order valence-corrected chi connectivity index (χ2v) is 12.5. The average Bonchev–Trinajstić information content (AvgIpc) is 3.59. The highest BCUT2D eigenvalue weighted by molar-refractivity contribution is 5.85. The molecule has 1 amide bonds. The van der Waals surface area contributed by atoms with Crippen LogP contribution in [0.1, 0.15) is 72.9 Å². The van der Waals surface area contributed by atoms with Crippen LogP contribution in [0.2, 0.25) is 0 Å². The molecule has 4 aromatic rings. The summed E-state index contributed by atoms with van der Waals surface area (Å²) < 4.78 is 5.78. The summed E-state index contributed by atoms with van der Waals surface area (Å²) in [7, 11) is 0. The number of nitrogens with zero attached hydrogens (tertiary/aromatic N) is 3. The van der Waals surface area contributed by atoms with Crippen molar-refractivity contribution in [3.8, 4) is 0 Å². The van der Waals surface area contributed by atoms with Crippen LogP contribution in [0.15, 0.2) is 72.8 Å². The fourth-order valence-corrected chi connectivity index (χ4v) is 8.01. The van der Waals surface area contributed by atoms with Crippen LogP contribution in [0.25, 0.3) is 10.9 Å². The van der Waals surface area contributed by atoms with Gasteiger partial charge in [0.15, 0.2) is 0 Å². The Labute approximate surface area is 255 Å². The molecule has 0 aliphatic carbocycles. The van der Waals surface area contributed by atoms with Crippen LogP contribution < -0.4 is 4.90 Å². The second kappa shape index (κ2) is 12.1. The third kappa shape index (κ3) is 5.31. The molecule has 0 radical (unpaired) electrons. The van der Waals surface area contributed by atoms with Gasteiger partial charge in [-0.25, -0.2) is 4.79 Å². The zero-order valence-corrected chi connectivity index (χ0v) is 25.6. The van der Waals surface area contributed by atoms with Crippen molar-refractivity contribution in [1.82, 2.24) is 14.8 Å². The molecule has 1 unspecified atom stereocenters. The molecular weight excluding hydrogens is 532 g/mol. The molecular formula is C37H44N4O2. The number of anilines is 1. The summed E-state index contributed by atoms with van der Waals surface area (Å²) in [4.78, 5) is 24.3. The maximum atomic E-state index is 13.3. The molecule has 0 spiro atoms. The average molecular weight is 577 g/mol. The highest BCUT2D eigenvalue weighted by Gasteiger charge is 2.41. The smallest absolute Gasteiger partial charge is 0.410 e. The Balaban J connectivity index is 1.20. The summed E-state index contributed by atoms with van der Waals surface area (Å²) in [6, 6.07) is 26.5. The van der Waals surface area contributed by atoms with E-state index in [0.29, 0.717) is 31.7 Å². The Bertz CT molecular complexity index is 1580. The molecule has 1 saturated heterocycles. The summed E-state index contributed by atoms with van der Waals surface area (Å²) >= 11 is 0. The van der Waals surface area contributed by atoms with Gasteiger partial charge in [0.25, 0.3) is 0 Å². The van der Waals surface area contributed by atoms with E-state index in [1.54, 1.807) is 0 Å². The number of para-hydroxylation sites is 1. The number of amides is 1. The predicted molar refractivity (Wildman–Crippen MR) is 174 cm³/mol. The van der Waals surface area contributed by atoms with E-state index in [2.05, 4.69) is 71.1 Å². The number of carbonyl (C=O) groups excluding carboxylic acids is 1. The van der Waals surface area contributed by atoms with Gasteiger partial charge in [0.1, 0.15) is 6.61 Å². The van der Waals surface area contributed by atoms with Gasteiger partial charge in [-0.1, -0.05) is 67.6 Å². The van der Waals surface area contributed by atoms with Crippen LogP contribution >= 0.6 is 0 Å². The number of aromatic nitrogens is 1. The molecule has 1 N–H and O–H groups in total. The second-order valence-electron chi connectivity index (χ2n) is 12.5. The highest BCUT2D eigenvalue weighted by Crippen LogP contribution is 2.47. The molecule has 7 rings (SSSR count). The number of carbonyl (C=O) groups is 1. The standard InChI is InChI=1S/C37H44N4O2/c1-3-39-21-19-35-32(24-39)31-23-27(16-17-34(31)41(35)4-2)28-14-10-20-40(37(42)43-25-26-11-6-5-7-12-26)22-18-30-29-13-8-9-15-33(29)38-36(28)30/h5-9,11-13,15-17,23,28,32,35,38H,3-4,10,14,18-22,24-25H2,1-2H3/t28?,32-,35+/m0/s1. The van der Waals surface area contributed by atoms with Crippen LogP contribution in [-0.2, 0) is 17.8 Å². The number of benzene rings is 3. The van der Waals surface area contributed by atoms with Gasteiger partial charge in [-0.15, -0.1) is 0 Å². The summed E-state index contributed by atoms with van der Waals surface area (Å²) in [6.07, 6.45) is 3.73. The van der Waals surface area contributed by atoms with Gasteiger partial charge in [0, 0.05) is 72.9 Å². The number of fused-ring (bicyclic) bond motifs is 6. The number of rotatable bonds is 5. The number of nitrogens with one attached hydrogen (secondary N) is 1. The molecule has 6 heteroatoms. The summed E-state index contributed by atoms with van der Waals surface area (Å²) in [5, 5.41) is 1.27. The third-order valence-electron chi connectivity index (χ3n) is 10.2. The quantitative estimate of drug-likeness (QED) is 0.271. The van der Waals surface area contributed by atoms with Crippen molar-refractivity contribution in [1.29, 1.82) is 0 Å². The summed E-state index contributed by atoms with van der Waals surface area (Å²) in [5.74, 6) is 0.824. The van der Waals surface area contributed by atoms with Gasteiger partial charge in [-0.2, -0.15) is 0 Å². The molecule has 0 bridgehead atoms. The van der Waals surface area contributed by atoms with E-state index in [4.69, 9.17) is 4.74 Å². The van der Waals surface area contributed by atoms with Crippen molar-refractivity contribution in [2.45, 2.75) is 64.0 Å². The lowest BCUT2D eigenvalue weighted by Crippen LogP contribution is -2.46. The van der Waals surface area contributed by atoms with Gasteiger partial charge in [-0.05, 0) is 73.5 Å². The number of likely N-dealkylation sites (N-methyl/N-ethyl adjacent to an activating group) is 2. The van der Waals surface area contributed by atoms with Crippen LogP contribution in [0.3, 0.4) is 0 Å². The topological polar surface area (TPSA) is 51.8 Å². The van der Waals surface area contributed by atoms with Gasteiger partial charge >= 0.3 is 6.09 Å². The van der Waals surface area contributed by atoms with E-state index in [0.717, 1.165) is 44.5 Å². The molecule has 3 aliphatic rings. The Kier molecular flexibility index (Phi) is 7.87. The van der Waals surface area contributed by atoms with E-state index in [1.165, 1.54) is 51.9 Å². The zero-order chi connectivity index (χ0) is 29.3. The van der Waals surface area contributed by atoms with Crippen molar-refractivity contribution < 1.29 is 9.53 Å². The fraction of sp³-hybridized carbons (Fsp3) is 0.432. The minimum atomic E-state index is -0.218. The van der Waals surface area contributed by atoms with E-state index in [1.807, 2.05) is 35.2 Å². The number of H-pyrrole nitrogens is 1. The number of aromatic amines is 1. The van der Waals surface area contributed by atoms with E-state index < -0.39 is 0 Å². The first-order chi connectivity index (χ1) is 21.1. The Morgan fingerprint density at radius 3 is 2.60 bits per heavy atom. The van der Waals surface area contributed by atoms with Crippen LogP contribution in [0, 0.1) is 0 Å². The van der Waals surface area contributed by atoms with Crippen LogP contribution in [-0.4, -0.2) is 66.2 Å². The SMILES string of the molecule is CCN1CC[C@@H]2[C@@H](C1)c1cc(C3CCCN(C(=O)OCc4ccccc4)CCc4c3[nH]c3ccccc43)ccc1N2CC. The molecule has 0 saturated carbocycles. The predicted octanol–water partition coefficient (Wildman–Crippen LogP) is 7.29. The van der Waals surface area contributed by atoms with Crippen LogP contribution in [0.5, 0.6) is 0 Å². The number of ether oxygens (including phenoxy) is 1. The molecule has 1 fully saturated rings. The van der Waals surface area contributed by atoms with Crippen molar-refractivity contribution in [2.24, 2.45) is 0 Å². The summed E-state index contributed by atoms with van der Waals surface area (Å²) in [6.45, 7) is 10.8. The van der Waals surface area contributed by atoms with E-state index in [9.17, 15) is 4.79 Å². The van der Waals surface area contributed by atoms with Gasteiger partial charge in [0.05, 0.1) is 0 Å². The number of piperidine rings is 1. The fourth-order valence-electron chi connectivity index (χ4n) is 8.01. The van der Waals surface area contributed by atoms with Gasteiger partial charge < -0.3 is 24.4 Å². The van der Waals surface area contributed by atoms with Crippen molar-refractivity contribution in [2.75, 3.05) is 44.2 Å². The highest BCUT2D eigenvalue weighted by atomic mass is 16.6.